The van der Waals surface area contributed by atoms with Crippen LogP contribution in [0.15, 0.2) is 29.3 Å². The van der Waals surface area contributed by atoms with Gasteiger partial charge in [-0.1, -0.05) is 32.0 Å². The van der Waals surface area contributed by atoms with Crippen LogP contribution in [0.5, 0.6) is 5.75 Å². The summed E-state index contributed by atoms with van der Waals surface area (Å²) in [7, 11) is 1.78. The van der Waals surface area contributed by atoms with Crippen molar-refractivity contribution in [1.29, 1.82) is 0 Å². The first-order valence-electron chi connectivity index (χ1n) is 10.1. The fourth-order valence-corrected chi connectivity index (χ4v) is 3.44. The molecule has 0 bridgehead atoms. The first kappa shape index (κ1) is 19.5. The Bertz CT molecular complexity index is 670. The Morgan fingerprint density at radius 2 is 2.07 bits per heavy atom. The number of carbonyl (C=O) groups excluding carboxylic acids is 1. The van der Waals surface area contributed by atoms with Gasteiger partial charge in [0.15, 0.2) is 5.96 Å². The topological polar surface area (TPSA) is 66.0 Å². The maximum Gasteiger partial charge on any atom is 0.225 e. The average Bonchev–Trinajstić information content (AvgIpc) is 3.10. The zero-order valence-corrected chi connectivity index (χ0v) is 16.7. The molecule has 0 spiro atoms. The van der Waals surface area contributed by atoms with Gasteiger partial charge >= 0.3 is 0 Å². The number of hydrogen-bond donors (Lipinski definition) is 2. The van der Waals surface area contributed by atoms with E-state index in [1.165, 1.54) is 6.42 Å². The molecular weight excluding hydrogens is 340 g/mol. The fraction of sp³-hybridized carbons (Fsp3) is 0.619. The summed E-state index contributed by atoms with van der Waals surface area (Å²) < 4.78 is 6.10. The predicted octanol–water partition coefficient (Wildman–Crippen LogP) is 2.54. The van der Waals surface area contributed by atoms with E-state index in [2.05, 4.69) is 21.7 Å². The number of benzene rings is 1. The van der Waals surface area contributed by atoms with E-state index in [9.17, 15) is 4.79 Å². The van der Waals surface area contributed by atoms with Gasteiger partial charge in [-0.3, -0.25) is 9.79 Å². The summed E-state index contributed by atoms with van der Waals surface area (Å²) in [6.07, 6.45) is 4.88. The van der Waals surface area contributed by atoms with E-state index < -0.39 is 0 Å². The molecule has 1 unspecified atom stereocenters. The molecule has 1 atom stereocenters. The first-order valence-corrected chi connectivity index (χ1v) is 10.1. The molecule has 1 aromatic rings. The van der Waals surface area contributed by atoms with Gasteiger partial charge in [-0.25, -0.2) is 0 Å². The van der Waals surface area contributed by atoms with E-state index >= 15 is 0 Å². The van der Waals surface area contributed by atoms with E-state index in [0.29, 0.717) is 12.6 Å². The Hall–Kier alpha value is -2.24. The molecule has 2 fully saturated rings. The standard InChI is InChI=1S/C21H32N4O2/c1-15(2)20(26)25-12-11-17(14-25)24-21(22-3)23-13-16-7-4-5-10-19(16)27-18-8-6-9-18/h4-5,7,10,15,17-18H,6,8-9,11-14H2,1-3H3,(H2,22,23,24). The minimum absolute atomic E-state index is 0.0494. The van der Waals surface area contributed by atoms with Gasteiger partial charge in [0.2, 0.25) is 5.91 Å². The third-order valence-corrected chi connectivity index (χ3v) is 5.32. The van der Waals surface area contributed by atoms with Crippen molar-refractivity contribution in [3.05, 3.63) is 29.8 Å². The van der Waals surface area contributed by atoms with E-state index in [1.807, 2.05) is 36.9 Å². The summed E-state index contributed by atoms with van der Waals surface area (Å²) in [5.74, 6) is 2.00. The Kier molecular flexibility index (Phi) is 6.58. The quantitative estimate of drug-likeness (QED) is 0.595. The minimum atomic E-state index is 0.0494. The van der Waals surface area contributed by atoms with Crippen molar-refractivity contribution in [2.24, 2.45) is 10.9 Å². The second-order valence-electron chi connectivity index (χ2n) is 7.77. The summed E-state index contributed by atoms with van der Waals surface area (Å²) in [4.78, 5) is 18.4. The zero-order chi connectivity index (χ0) is 19.2. The number of aliphatic imine (C=N–C) groups is 1. The highest BCUT2D eigenvalue weighted by Crippen LogP contribution is 2.27. The van der Waals surface area contributed by atoms with Crippen molar-refractivity contribution in [3.8, 4) is 5.75 Å². The highest BCUT2D eigenvalue weighted by atomic mass is 16.5. The molecule has 3 rings (SSSR count). The number of nitrogens with zero attached hydrogens (tertiary/aromatic N) is 2. The van der Waals surface area contributed by atoms with Crippen molar-refractivity contribution >= 4 is 11.9 Å². The summed E-state index contributed by atoms with van der Waals surface area (Å²) in [5.41, 5.74) is 1.13. The molecule has 1 amide bonds. The number of nitrogens with one attached hydrogen (secondary N) is 2. The lowest BCUT2D eigenvalue weighted by atomic mass is 9.96. The molecule has 1 aliphatic carbocycles. The molecular formula is C21H32N4O2. The van der Waals surface area contributed by atoms with Crippen LogP contribution in [-0.2, 0) is 11.3 Å². The predicted molar refractivity (Wildman–Crippen MR) is 108 cm³/mol. The van der Waals surface area contributed by atoms with Crippen LogP contribution in [0.3, 0.4) is 0 Å². The SMILES string of the molecule is CN=C(NCc1ccccc1OC1CCC1)NC1CCN(C(=O)C(C)C)C1. The summed E-state index contributed by atoms with van der Waals surface area (Å²) >= 11 is 0. The summed E-state index contributed by atoms with van der Waals surface area (Å²) in [5, 5.41) is 6.83. The van der Waals surface area contributed by atoms with Crippen molar-refractivity contribution in [1.82, 2.24) is 15.5 Å². The lowest BCUT2D eigenvalue weighted by molar-refractivity contribution is -0.133. The van der Waals surface area contributed by atoms with Gasteiger partial charge in [0.25, 0.3) is 0 Å². The number of amides is 1. The lowest BCUT2D eigenvalue weighted by Gasteiger charge is -2.27. The summed E-state index contributed by atoms with van der Waals surface area (Å²) in [6, 6.07) is 8.42. The third kappa shape index (κ3) is 5.15. The van der Waals surface area contributed by atoms with E-state index in [-0.39, 0.29) is 17.9 Å². The monoisotopic (exact) mass is 372 g/mol. The zero-order valence-electron chi connectivity index (χ0n) is 16.7. The molecule has 1 saturated carbocycles. The molecule has 6 nitrogen and oxygen atoms in total. The van der Waals surface area contributed by atoms with Gasteiger partial charge in [-0.15, -0.1) is 0 Å². The van der Waals surface area contributed by atoms with Crippen LogP contribution in [-0.4, -0.2) is 49.0 Å². The molecule has 27 heavy (non-hydrogen) atoms. The maximum atomic E-state index is 12.2. The number of hydrogen-bond acceptors (Lipinski definition) is 3. The van der Waals surface area contributed by atoms with E-state index in [1.54, 1.807) is 7.05 Å². The Morgan fingerprint density at radius 3 is 2.74 bits per heavy atom. The molecule has 6 heteroatoms. The molecule has 0 aromatic heterocycles. The smallest absolute Gasteiger partial charge is 0.225 e. The normalized spacial score (nSPS) is 20.5. The number of guanidine groups is 1. The average molecular weight is 373 g/mol. The molecule has 0 radical (unpaired) electrons. The van der Waals surface area contributed by atoms with Gasteiger partial charge in [0.1, 0.15) is 5.75 Å². The lowest BCUT2D eigenvalue weighted by Crippen LogP contribution is -2.45. The first-order chi connectivity index (χ1) is 13.1. The van der Waals surface area contributed by atoms with Crippen LogP contribution in [0.2, 0.25) is 0 Å². The van der Waals surface area contributed by atoms with E-state index in [0.717, 1.165) is 49.6 Å². The van der Waals surface area contributed by atoms with Gasteiger partial charge in [0.05, 0.1) is 6.10 Å². The Labute approximate surface area is 162 Å². The van der Waals surface area contributed by atoms with Crippen LogP contribution < -0.4 is 15.4 Å². The van der Waals surface area contributed by atoms with Gasteiger partial charge in [-0.05, 0) is 31.7 Å². The number of ether oxygens (including phenoxy) is 1. The van der Waals surface area contributed by atoms with Gasteiger partial charge in [-0.2, -0.15) is 0 Å². The number of likely N-dealkylation sites (tertiary alicyclic amines) is 1. The fourth-order valence-electron chi connectivity index (χ4n) is 3.44. The van der Waals surface area contributed by atoms with Gasteiger partial charge < -0.3 is 20.3 Å². The van der Waals surface area contributed by atoms with Crippen molar-refractivity contribution in [2.75, 3.05) is 20.1 Å². The minimum Gasteiger partial charge on any atom is -0.490 e. The molecule has 2 N–H and O–H groups in total. The van der Waals surface area contributed by atoms with Crippen molar-refractivity contribution < 1.29 is 9.53 Å². The molecule has 1 aliphatic heterocycles. The second kappa shape index (κ2) is 9.11. The Morgan fingerprint density at radius 1 is 1.30 bits per heavy atom. The van der Waals surface area contributed by atoms with Gasteiger partial charge in [0, 0.05) is 44.2 Å². The Balaban J connectivity index is 1.51. The number of rotatable bonds is 6. The summed E-state index contributed by atoms with van der Waals surface area (Å²) in [6.45, 7) is 6.10. The largest absolute Gasteiger partial charge is 0.490 e. The van der Waals surface area contributed by atoms with E-state index in [4.69, 9.17) is 4.74 Å². The number of carbonyl (C=O) groups is 1. The highest BCUT2D eigenvalue weighted by Gasteiger charge is 2.28. The molecule has 2 aliphatic rings. The molecule has 1 heterocycles. The number of para-hydroxylation sites is 1. The van der Waals surface area contributed by atoms with Crippen LogP contribution in [0, 0.1) is 5.92 Å². The highest BCUT2D eigenvalue weighted by molar-refractivity contribution is 5.81. The van der Waals surface area contributed by atoms with Crippen molar-refractivity contribution in [2.45, 2.75) is 58.2 Å². The van der Waals surface area contributed by atoms with Crippen LogP contribution >= 0.6 is 0 Å². The molecule has 1 saturated heterocycles. The van der Waals surface area contributed by atoms with Crippen LogP contribution in [0.4, 0.5) is 0 Å². The molecule has 1 aromatic carbocycles. The molecule has 148 valence electrons. The maximum absolute atomic E-state index is 12.2. The third-order valence-electron chi connectivity index (χ3n) is 5.32. The van der Waals surface area contributed by atoms with Crippen LogP contribution in [0.25, 0.3) is 0 Å². The van der Waals surface area contributed by atoms with Crippen LogP contribution in [0.1, 0.15) is 45.1 Å². The second-order valence-corrected chi connectivity index (χ2v) is 7.77. The van der Waals surface area contributed by atoms with Crippen molar-refractivity contribution in [3.63, 3.8) is 0 Å².